The Kier molecular flexibility index (Phi) is 6.71. The third kappa shape index (κ3) is 5.72. The zero-order valence-corrected chi connectivity index (χ0v) is 15.2. The van der Waals surface area contributed by atoms with Crippen LogP contribution in [-0.2, 0) is 9.53 Å². The Balaban J connectivity index is 2.12. The quantitative estimate of drug-likeness (QED) is 0.572. The zero-order chi connectivity index (χ0) is 18.2. The standard InChI is InChI=1S/C20H24N2O3/c1-15(11-20(23)24-4)17-12-18(14-21-13-17)16-5-7-19(8-6-16)25-10-9-22(2)3/h5-8,11-14H,9-10H2,1-4H3/b15-11+. The summed E-state index contributed by atoms with van der Waals surface area (Å²) in [5, 5.41) is 0. The average molecular weight is 340 g/mol. The highest BCUT2D eigenvalue weighted by molar-refractivity contribution is 5.91. The molecule has 0 aliphatic heterocycles. The maximum Gasteiger partial charge on any atom is 0.330 e. The maximum atomic E-state index is 11.4. The van der Waals surface area contributed by atoms with Gasteiger partial charge in [-0.25, -0.2) is 4.79 Å². The second kappa shape index (κ2) is 8.99. The number of rotatable bonds is 7. The molecule has 25 heavy (non-hydrogen) atoms. The number of benzene rings is 1. The summed E-state index contributed by atoms with van der Waals surface area (Å²) >= 11 is 0. The summed E-state index contributed by atoms with van der Waals surface area (Å²) in [6, 6.07) is 9.92. The molecule has 2 rings (SSSR count). The third-order valence-corrected chi connectivity index (χ3v) is 3.72. The number of ether oxygens (including phenoxy) is 2. The van der Waals surface area contributed by atoms with Crippen molar-refractivity contribution < 1.29 is 14.3 Å². The number of likely N-dealkylation sites (N-methyl/N-ethyl adjacent to an activating group) is 1. The van der Waals surface area contributed by atoms with Crippen LogP contribution in [0, 0.1) is 0 Å². The number of hydrogen-bond donors (Lipinski definition) is 0. The maximum absolute atomic E-state index is 11.4. The van der Waals surface area contributed by atoms with Gasteiger partial charge in [0.05, 0.1) is 7.11 Å². The number of nitrogens with zero attached hydrogens (tertiary/aromatic N) is 2. The topological polar surface area (TPSA) is 51.7 Å². The number of esters is 1. The summed E-state index contributed by atoms with van der Waals surface area (Å²) in [4.78, 5) is 17.7. The molecule has 5 nitrogen and oxygen atoms in total. The number of carbonyl (C=O) groups is 1. The predicted octanol–water partition coefficient (Wildman–Crippen LogP) is 3.27. The number of pyridine rings is 1. The molecule has 0 atom stereocenters. The van der Waals surface area contributed by atoms with Crippen molar-refractivity contribution in [1.82, 2.24) is 9.88 Å². The summed E-state index contributed by atoms with van der Waals surface area (Å²) in [5.41, 5.74) is 3.72. The van der Waals surface area contributed by atoms with Gasteiger partial charge in [0.25, 0.3) is 0 Å². The van der Waals surface area contributed by atoms with E-state index in [2.05, 4.69) is 14.6 Å². The molecule has 0 aliphatic carbocycles. The SMILES string of the molecule is COC(=O)/C=C(\C)c1cncc(-c2ccc(OCCN(C)C)cc2)c1. The molecule has 0 saturated heterocycles. The smallest absolute Gasteiger partial charge is 0.330 e. The molecule has 132 valence electrons. The average Bonchev–Trinajstić information content (AvgIpc) is 2.62. The normalized spacial score (nSPS) is 11.5. The molecule has 1 aromatic carbocycles. The zero-order valence-electron chi connectivity index (χ0n) is 15.2. The molecule has 0 unspecified atom stereocenters. The summed E-state index contributed by atoms with van der Waals surface area (Å²) in [6.07, 6.45) is 5.00. The van der Waals surface area contributed by atoms with Gasteiger partial charge in [-0.2, -0.15) is 0 Å². The van der Waals surface area contributed by atoms with Crippen LogP contribution in [0.5, 0.6) is 5.75 Å². The largest absolute Gasteiger partial charge is 0.492 e. The molecule has 0 aliphatic rings. The van der Waals surface area contributed by atoms with Crippen LogP contribution < -0.4 is 4.74 Å². The number of methoxy groups -OCH3 is 1. The lowest BCUT2D eigenvalue weighted by atomic mass is 10.0. The van der Waals surface area contributed by atoms with E-state index in [9.17, 15) is 4.79 Å². The van der Waals surface area contributed by atoms with E-state index in [-0.39, 0.29) is 5.97 Å². The minimum atomic E-state index is -0.373. The predicted molar refractivity (Wildman–Crippen MR) is 99.4 cm³/mol. The number of carbonyl (C=O) groups excluding carboxylic acids is 1. The van der Waals surface area contributed by atoms with Crippen molar-refractivity contribution in [2.24, 2.45) is 0 Å². The van der Waals surface area contributed by atoms with Gasteiger partial charge in [0.1, 0.15) is 12.4 Å². The van der Waals surface area contributed by atoms with Crippen molar-refractivity contribution in [3.8, 4) is 16.9 Å². The van der Waals surface area contributed by atoms with E-state index >= 15 is 0 Å². The van der Waals surface area contributed by atoms with Crippen molar-refractivity contribution in [3.05, 3.63) is 54.4 Å². The highest BCUT2D eigenvalue weighted by atomic mass is 16.5. The molecule has 0 bridgehead atoms. The van der Waals surface area contributed by atoms with Gasteiger partial charge in [0.2, 0.25) is 0 Å². The van der Waals surface area contributed by atoms with E-state index in [0.29, 0.717) is 6.61 Å². The molecule has 0 radical (unpaired) electrons. The van der Waals surface area contributed by atoms with Gasteiger partial charge in [-0.15, -0.1) is 0 Å². The number of aromatic nitrogens is 1. The van der Waals surface area contributed by atoms with Crippen molar-refractivity contribution in [2.75, 3.05) is 34.4 Å². The van der Waals surface area contributed by atoms with Crippen LogP contribution in [0.2, 0.25) is 0 Å². The van der Waals surface area contributed by atoms with Crippen LogP contribution in [0.1, 0.15) is 12.5 Å². The van der Waals surface area contributed by atoms with Crippen LogP contribution in [0.25, 0.3) is 16.7 Å². The van der Waals surface area contributed by atoms with Crippen molar-refractivity contribution in [3.63, 3.8) is 0 Å². The Morgan fingerprint density at radius 2 is 1.88 bits per heavy atom. The molecule has 5 heteroatoms. The lowest BCUT2D eigenvalue weighted by molar-refractivity contribution is -0.134. The Bertz CT molecular complexity index is 737. The molecule has 0 fully saturated rings. The van der Waals surface area contributed by atoms with Gasteiger partial charge in [-0.05, 0) is 55.9 Å². The Morgan fingerprint density at radius 1 is 1.16 bits per heavy atom. The molecule has 2 aromatic rings. The lowest BCUT2D eigenvalue weighted by Crippen LogP contribution is -2.19. The van der Waals surface area contributed by atoms with E-state index in [1.165, 1.54) is 13.2 Å². The summed E-state index contributed by atoms with van der Waals surface area (Å²) in [7, 11) is 5.40. The van der Waals surface area contributed by atoms with Crippen LogP contribution in [0.15, 0.2) is 48.8 Å². The molecule has 0 amide bonds. The van der Waals surface area contributed by atoms with Crippen LogP contribution >= 0.6 is 0 Å². The molecule has 0 saturated carbocycles. The van der Waals surface area contributed by atoms with Crippen LogP contribution in [0.3, 0.4) is 0 Å². The molecule has 1 aromatic heterocycles. The Labute approximate surface area is 148 Å². The first-order valence-electron chi connectivity index (χ1n) is 8.09. The van der Waals surface area contributed by atoms with Crippen LogP contribution in [-0.4, -0.2) is 50.2 Å². The summed E-state index contributed by atoms with van der Waals surface area (Å²) in [6.45, 7) is 3.39. The van der Waals surface area contributed by atoms with E-state index in [1.807, 2.05) is 51.4 Å². The van der Waals surface area contributed by atoms with E-state index < -0.39 is 0 Å². The minimum absolute atomic E-state index is 0.373. The highest BCUT2D eigenvalue weighted by Gasteiger charge is 2.05. The first-order valence-corrected chi connectivity index (χ1v) is 8.09. The number of allylic oxidation sites excluding steroid dienone is 1. The molecular formula is C20H24N2O3. The fourth-order valence-corrected chi connectivity index (χ4v) is 2.22. The van der Waals surface area contributed by atoms with Crippen LogP contribution in [0.4, 0.5) is 0 Å². The second-order valence-electron chi connectivity index (χ2n) is 5.99. The molecule has 0 spiro atoms. The third-order valence-electron chi connectivity index (χ3n) is 3.72. The number of hydrogen-bond acceptors (Lipinski definition) is 5. The first-order chi connectivity index (χ1) is 12.0. The Hall–Kier alpha value is -2.66. The van der Waals surface area contributed by atoms with E-state index in [1.54, 1.807) is 12.4 Å². The molecule has 0 N–H and O–H groups in total. The van der Waals surface area contributed by atoms with Gasteiger partial charge in [0, 0.05) is 30.6 Å². The minimum Gasteiger partial charge on any atom is -0.492 e. The Morgan fingerprint density at radius 3 is 2.52 bits per heavy atom. The van der Waals surface area contributed by atoms with Gasteiger partial charge in [-0.3, -0.25) is 4.98 Å². The summed E-state index contributed by atoms with van der Waals surface area (Å²) in [5.74, 6) is 0.471. The van der Waals surface area contributed by atoms with Crippen molar-refractivity contribution in [2.45, 2.75) is 6.92 Å². The fourth-order valence-electron chi connectivity index (χ4n) is 2.22. The second-order valence-corrected chi connectivity index (χ2v) is 5.99. The van der Waals surface area contributed by atoms with Crippen molar-refractivity contribution >= 4 is 11.5 Å². The highest BCUT2D eigenvalue weighted by Crippen LogP contribution is 2.24. The van der Waals surface area contributed by atoms with Gasteiger partial charge >= 0.3 is 5.97 Å². The first kappa shape index (κ1) is 18.7. The van der Waals surface area contributed by atoms with E-state index in [4.69, 9.17) is 4.74 Å². The molecule has 1 heterocycles. The monoisotopic (exact) mass is 340 g/mol. The lowest BCUT2D eigenvalue weighted by Gasteiger charge is -2.11. The van der Waals surface area contributed by atoms with Crippen molar-refractivity contribution in [1.29, 1.82) is 0 Å². The fraction of sp³-hybridized carbons (Fsp3) is 0.300. The summed E-state index contributed by atoms with van der Waals surface area (Å²) < 4.78 is 10.4. The van der Waals surface area contributed by atoms with Gasteiger partial charge in [-0.1, -0.05) is 12.1 Å². The molecular weight excluding hydrogens is 316 g/mol. The van der Waals surface area contributed by atoms with E-state index in [0.717, 1.165) is 34.6 Å². The van der Waals surface area contributed by atoms with Gasteiger partial charge in [0.15, 0.2) is 0 Å². The van der Waals surface area contributed by atoms with Gasteiger partial charge < -0.3 is 14.4 Å².